The zero-order chi connectivity index (χ0) is 11.4. The van der Waals surface area contributed by atoms with Crippen LogP contribution >= 0.6 is 27.3 Å². The van der Waals surface area contributed by atoms with Gasteiger partial charge in [0.1, 0.15) is 0 Å². The highest BCUT2D eigenvalue weighted by Gasteiger charge is 2.17. The lowest BCUT2D eigenvalue weighted by molar-refractivity contribution is 0.548. The molecule has 2 aromatic rings. The van der Waals surface area contributed by atoms with Gasteiger partial charge in [0.25, 0.3) is 0 Å². The molecule has 2 rings (SSSR count). The van der Waals surface area contributed by atoms with Gasteiger partial charge in [0.15, 0.2) is 0 Å². The van der Waals surface area contributed by atoms with Crippen LogP contribution in [-0.2, 0) is 0 Å². The van der Waals surface area contributed by atoms with Crippen LogP contribution in [0, 0.1) is 0 Å². The molecule has 1 unspecified atom stereocenters. The van der Waals surface area contributed by atoms with E-state index in [4.69, 9.17) is 4.42 Å². The van der Waals surface area contributed by atoms with Gasteiger partial charge in [-0.3, -0.25) is 0 Å². The number of thiophene rings is 1. The molecule has 0 aliphatic heterocycles. The lowest BCUT2D eigenvalue weighted by Gasteiger charge is -2.16. The Bertz CT molecular complexity index is 424. The van der Waals surface area contributed by atoms with Gasteiger partial charge in [-0.2, -0.15) is 11.3 Å². The average molecular weight is 300 g/mol. The molecule has 0 aliphatic rings. The molecule has 0 saturated carbocycles. The van der Waals surface area contributed by atoms with Gasteiger partial charge < -0.3 is 9.73 Å². The van der Waals surface area contributed by atoms with E-state index in [9.17, 15) is 0 Å². The Labute approximate surface area is 108 Å². The van der Waals surface area contributed by atoms with Crippen molar-refractivity contribution in [3.8, 4) is 0 Å². The second-order valence-corrected chi connectivity index (χ2v) is 5.22. The summed E-state index contributed by atoms with van der Waals surface area (Å²) in [7, 11) is 0. The van der Waals surface area contributed by atoms with Crippen LogP contribution < -0.4 is 5.32 Å². The van der Waals surface area contributed by atoms with E-state index in [0.29, 0.717) is 0 Å². The van der Waals surface area contributed by atoms with E-state index in [1.165, 1.54) is 11.1 Å². The van der Waals surface area contributed by atoms with Crippen molar-refractivity contribution in [2.75, 3.05) is 6.54 Å². The molecule has 1 atom stereocenters. The van der Waals surface area contributed by atoms with E-state index < -0.39 is 0 Å². The maximum atomic E-state index is 5.16. The highest BCUT2D eigenvalue weighted by molar-refractivity contribution is 9.10. The monoisotopic (exact) mass is 299 g/mol. The number of nitrogens with one attached hydrogen (secondary N) is 1. The summed E-state index contributed by atoms with van der Waals surface area (Å²) in [6, 6.07) is 2.23. The summed E-state index contributed by atoms with van der Waals surface area (Å²) in [6.45, 7) is 3.17. The van der Waals surface area contributed by atoms with Crippen LogP contribution in [0.5, 0.6) is 0 Å². The molecule has 16 heavy (non-hydrogen) atoms. The molecule has 0 radical (unpaired) electrons. The lowest BCUT2D eigenvalue weighted by atomic mass is 10.0. The standard InChI is InChI=1S/C12H14BrNOS/c1-2-4-14-12(9-3-5-15-6-9)10-7-16-8-11(10)13/h3,5-8,12,14H,2,4H2,1H3. The van der Waals surface area contributed by atoms with Crippen LogP contribution in [0.4, 0.5) is 0 Å². The fourth-order valence-electron chi connectivity index (χ4n) is 1.63. The van der Waals surface area contributed by atoms with Crippen LogP contribution in [0.15, 0.2) is 38.2 Å². The summed E-state index contributed by atoms with van der Waals surface area (Å²) in [5.41, 5.74) is 2.45. The van der Waals surface area contributed by atoms with Crippen LogP contribution in [0.3, 0.4) is 0 Å². The molecule has 0 bridgehead atoms. The fourth-order valence-corrected chi connectivity index (χ4v) is 3.18. The Morgan fingerprint density at radius 2 is 2.38 bits per heavy atom. The number of rotatable bonds is 5. The zero-order valence-corrected chi connectivity index (χ0v) is 11.5. The molecule has 1 N–H and O–H groups in total. The molecule has 0 spiro atoms. The van der Waals surface area contributed by atoms with Crippen molar-refractivity contribution in [3.05, 3.63) is 45.0 Å². The number of hydrogen-bond acceptors (Lipinski definition) is 3. The summed E-state index contributed by atoms with van der Waals surface area (Å²) < 4.78 is 6.32. The van der Waals surface area contributed by atoms with Gasteiger partial charge in [0.2, 0.25) is 0 Å². The van der Waals surface area contributed by atoms with Gasteiger partial charge in [-0.25, -0.2) is 0 Å². The van der Waals surface area contributed by atoms with Crippen molar-refractivity contribution >= 4 is 27.3 Å². The van der Waals surface area contributed by atoms with Crippen LogP contribution in [0.2, 0.25) is 0 Å². The summed E-state index contributed by atoms with van der Waals surface area (Å²) in [5.74, 6) is 0. The fraction of sp³-hybridized carbons (Fsp3) is 0.333. The molecule has 0 aromatic carbocycles. The maximum absolute atomic E-state index is 5.16. The normalized spacial score (nSPS) is 12.9. The first-order chi connectivity index (χ1) is 7.83. The third kappa shape index (κ3) is 2.56. The zero-order valence-electron chi connectivity index (χ0n) is 9.07. The van der Waals surface area contributed by atoms with E-state index in [0.717, 1.165) is 17.4 Å². The molecule has 2 heterocycles. The molecule has 2 aromatic heterocycles. The first-order valence-corrected chi connectivity index (χ1v) is 7.03. The second-order valence-electron chi connectivity index (χ2n) is 3.62. The van der Waals surface area contributed by atoms with Crippen LogP contribution in [0.25, 0.3) is 0 Å². The van der Waals surface area contributed by atoms with E-state index in [-0.39, 0.29) is 6.04 Å². The third-order valence-corrected chi connectivity index (χ3v) is 4.18. The van der Waals surface area contributed by atoms with Crippen molar-refractivity contribution in [2.45, 2.75) is 19.4 Å². The number of hydrogen-bond donors (Lipinski definition) is 1. The molecular formula is C12H14BrNOS. The van der Waals surface area contributed by atoms with Gasteiger partial charge in [-0.05, 0) is 45.9 Å². The van der Waals surface area contributed by atoms with Crippen LogP contribution in [-0.4, -0.2) is 6.54 Å². The van der Waals surface area contributed by atoms with Crippen molar-refractivity contribution in [1.82, 2.24) is 5.32 Å². The SMILES string of the molecule is CCCNC(c1ccoc1)c1cscc1Br. The Balaban J connectivity index is 2.25. The molecule has 0 amide bonds. The average Bonchev–Trinajstić information content (AvgIpc) is 2.91. The van der Waals surface area contributed by atoms with E-state index in [1.54, 1.807) is 23.9 Å². The Morgan fingerprint density at radius 3 is 2.94 bits per heavy atom. The minimum atomic E-state index is 0.222. The molecule has 4 heteroatoms. The minimum absolute atomic E-state index is 0.222. The van der Waals surface area contributed by atoms with Gasteiger partial charge in [0, 0.05) is 15.4 Å². The second kappa shape index (κ2) is 5.66. The highest BCUT2D eigenvalue weighted by atomic mass is 79.9. The summed E-state index contributed by atoms with van der Waals surface area (Å²) in [6.07, 6.45) is 4.64. The molecular weight excluding hydrogens is 286 g/mol. The van der Waals surface area contributed by atoms with Crippen molar-refractivity contribution in [1.29, 1.82) is 0 Å². The minimum Gasteiger partial charge on any atom is -0.472 e. The van der Waals surface area contributed by atoms with Gasteiger partial charge in [0.05, 0.1) is 18.6 Å². The summed E-state index contributed by atoms with van der Waals surface area (Å²) in [5, 5.41) is 7.81. The Hall–Kier alpha value is -0.580. The van der Waals surface area contributed by atoms with Crippen LogP contribution in [0.1, 0.15) is 30.5 Å². The highest BCUT2D eigenvalue weighted by Crippen LogP contribution is 2.31. The number of halogens is 1. The third-order valence-electron chi connectivity index (χ3n) is 2.43. The molecule has 0 saturated heterocycles. The quantitative estimate of drug-likeness (QED) is 0.895. The predicted octanol–water partition coefficient (Wildman–Crippen LogP) is 4.19. The Morgan fingerprint density at radius 1 is 1.50 bits per heavy atom. The molecule has 2 nitrogen and oxygen atoms in total. The van der Waals surface area contributed by atoms with Gasteiger partial charge in [-0.1, -0.05) is 6.92 Å². The summed E-state index contributed by atoms with van der Waals surface area (Å²) >= 11 is 5.29. The molecule has 0 aliphatic carbocycles. The van der Waals surface area contributed by atoms with Crippen molar-refractivity contribution < 1.29 is 4.42 Å². The Kier molecular flexibility index (Phi) is 4.21. The van der Waals surface area contributed by atoms with E-state index >= 15 is 0 Å². The topological polar surface area (TPSA) is 25.2 Å². The van der Waals surface area contributed by atoms with E-state index in [1.807, 2.05) is 6.07 Å². The van der Waals surface area contributed by atoms with Gasteiger partial charge >= 0.3 is 0 Å². The number of furan rings is 1. The van der Waals surface area contributed by atoms with Crippen molar-refractivity contribution in [2.24, 2.45) is 0 Å². The van der Waals surface area contributed by atoms with Crippen molar-refractivity contribution in [3.63, 3.8) is 0 Å². The predicted molar refractivity (Wildman–Crippen MR) is 70.9 cm³/mol. The lowest BCUT2D eigenvalue weighted by Crippen LogP contribution is -2.22. The largest absolute Gasteiger partial charge is 0.472 e. The summed E-state index contributed by atoms with van der Waals surface area (Å²) in [4.78, 5) is 0. The van der Waals surface area contributed by atoms with E-state index in [2.05, 4.69) is 38.9 Å². The first-order valence-electron chi connectivity index (χ1n) is 5.30. The first kappa shape index (κ1) is 11.9. The smallest absolute Gasteiger partial charge is 0.0953 e. The molecule has 86 valence electrons. The van der Waals surface area contributed by atoms with Gasteiger partial charge in [-0.15, -0.1) is 0 Å². The maximum Gasteiger partial charge on any atom is 0.0953 e. The molecule has 0 fully saturated rings.